The van der Waals surface area contributed by atoms with Crippen molar-refractivity contribution in [1.29, 1.82) is 0 Å². The van der Waals surface area contributed by atoms with Gasteiger partial charge in [0.05, 0.1) is 0 Å². The number of benzene rings is 1. The smallest absolute Gasteiger partial charge is 0.0345 e. The molecule has 0 heterocycles. The molecule has 1 aromatic carbocycles. The van der Waals surface area contributed by atoms with Crippen LogP contribution in [0.25, 0.3) is 0 Å². The van der Waals surface area contributed by atoms with Crippen molar-refractivity contribution in [2.75, 3.05) is 19.4 Å². The number of nitrogens with zero attached hydrogens (tertiary/aromatic N) is 1. The molecule has 1 fully saturated rings. The molecule has 1 aromatic rings. The fourth-order valence-corrected chi connectivity index (χ4v) is 3.09. The quantitative estimate of drug-likeness (QED) is 0.875. The zero-order valence-electron chi connectivity index (χ0n) is 12.9. The van der Waals surface area contributed by atoms with Crippen LogP contribution in [0, 0.1) is 5.41 Å². The van der Waals surface area contributed by atoms with E-state index in [1.54, 1.807) is 0 Å². The Hall–Kier alpha value is -1.02. The highest BCUT2D eigenvalue weighted by Gasteiger charge is 2.31. The van der Waals surface area contributed by atoms with Crippen LogP contribution in [0.5, 0.6) is 0 Å². The van der Waals surface area contributed by atoms with Crippen LogP contribution in [-0.4, -0.2) is 25.0 Å². The van der Waals surface area contributed by atoms with Crippen molar-refractivity contribution >= 4 is 5.69 Å². The van der Waals surface area contributed by atoms with Gasteiger partial charge in [-0.25, -0.2) is 0 Å². The Morgan fingerprint density at radius 1 is 1.26 bits per heavy atom. The summed E-state index contributed by atoms with van der Waals surface area (Å²) in [5.74, 6) is 0. The monoisotopic (exact) mass is 260 g/mol. The third kappa shape index (κ3) is 3.97. The van der Waals surface area contributed by atoms with E-state index in [2.05, 4.69) is 62.4 Å². The fourth-order valence-electron chi connectivity index (χ4n) is 3.09. The summed E-state index contributed by atoms with van der Waals surface area (Å²) >= 11 is 0. The topological polar surface area (TPSA) is 15.3 Å². The molecule has 1 atom stereocenters. The van der Waals surface area contributed by atoms with Crippen LogP contribution in [-0.2, 0) is 6.54 Å². The first-order valence-corrected chi connectivity index (χ1v) is 7.47. The number of anilines is 1. The molecule has 1 unspecified atom stereocenters. The lowest BCUT2D eigenvalue weighted by atomic mass is 9.73. The van der Waals surface area contributed by atoms with E-state index in [9.17, 15) is 0 Å². The lowest BCUT2D eigenvalue weighted by Crippen LogP contribution is -2.38. The summed E-state index contributed by atoms with van der Waals surface area (Å²) in [4.78, 5) is 2.21. The van der Waals surface area contributed by atoms with E-state index < -0.39 is 0 Å². The average molecular weight is 260 g/mol. The first-order valence-electron chi connectivity index (χ1n) is 7.47. The third-order valence-electron chi connectivity index (χ3n) is 4.27. The van der Waals surface area contributed by atoms with Crippen molar-refractivity contribution in [1.82, 2.24) is 4.90 Å². The molecule has 0 aliphatic heterocycles. The van der Waals surface area contributed by atoms with Gasteiger partial charge in [-0.1, -0.05) is 38.8 Å². The van der Waals surface area contributed by atoms with Gasteiger partial charge >= 0.3 is 0 Å². The number of rotatable bonds is 4. The molecule has 1 saturated carbocycles. The molecule has 2 heteroatoms. The maximum atomic E-state index is 3.77. The molecule has 1 aliphatic carbocycles. The zero-order chi connectivity index (χ0) is 13.9. The van der Waals surface area contributed by atoms with Gasteiger partial charge in [-0.3, -0.25) is 0 Å². The molecule has 0 radical (unpaired) electrons. The van der Waals surface area contributed by atoms with Crippen molar-refractivity contribution in [3.8, 4) is 0 Å². The molecule has 0 aromatic heterocycles. The number of nitrogens with one attached hydrogen (secondary N) is 1. The average Bonchev–Trinajstić information content (AvgIpc) is 2.31. The Bertz CT molecular complexity index is 409. The molecular weight excluding hydrogens is 232 g/mol. The first kappa shape index (κ1) is 14.4. The first-order chi connectivity index (χ1) is 8.97. The molecule has 2 rings (SSSR count). The summed E-state index contributed by atoms with van der Waals surface area (Å²) in [6, 6.07) is 9.47. The summed E-state index contributed by atoms with van der Waals surface area (Å²) in [6.45, 7) is 5.80. The Labute approximate surface area is 118 Å². The minimum Gasteiger partial charge on any atom is -0.382 e. The lowest BCUT2D eigenvalue weighted by molar-refractivity contribution is 0.217. The second-order valence-electron chi connectivity index (χ2n) is 6.87. The maximum absolute atomic E-state index is 3.77. The van der Waals surface area contributed by atoms with Gasteiger partial charge < -0.3 is 10.2 Å². The van der Waals surface area contributed by atoms with E-state index in [1.807, 2.05) is 0 Å². The van der Waals surface area contributed by atoms with Gasteiger partial charge in [-0.05, 0) is 50.0 Å². The largest absolute Gasteiger partial charge is 0.382 e. The van der Waals surface area contributed by atoms with Crippen LogP contribution in [0.15, 0.2) is 24.3 Å². The second kappa shape index (κ2) is 5.96. The Balaban J connectivity index is 2.05. The van der Waals surface area contributed by atoms with Crippen molar-refractivity contribution in [2.45, 2.75) is 52.1 Å². The highest BCUT2D eigenvalue weighted by molar-refractivity contribution is 5.47. The van der Waals surface area contributed by atoms with Gasteiger partial charge in [0.25, 0.3) is 0 Å². The number of hydrogen-bond acceptors (Lipinski definition) is 2. The minimum atomic E-state index is 0.413. The summed E-state index contributed by atoms with van der Waals surface area (Å²) in [5, 5.41) is 3.77. The Kier molecular flexibility index (Phi) is 4.51. The molecule has 1 N–H and O–H groups in total. The molecule has 19 heavy (non-hydrogen) atoms. The van der Waals surface area contributed by atoms with Gasteiger partial charge in [0.2, 0.25) is 0 Å². The highest BCUT2D eigenvalue weighted by Crippen LogP contribution is 2.37. The molecule has 0 spiro atoms. The van der Waals surface area contributed by atoms with E-state index in [0.29, 0.717) is 11.5 Å². The molecule has 0 saturated heterocycles. The maximum Gasteiger partial charge on any atom is 0.0345 e. The summed E-state index contributed by atoms with van der Waals surface area (Å²) in [6.07, 6.45) is 5.37. The van der Waals surface area contributed by atoms with E-state index in [-0.39, 0.29) is 0 Å². The molecule has 0 bridgehead atoms. The van der Waals surface area contributed by atoms with Gasteiger partial charge in [-0.15, -0.1) is 0 Å². The van der Waals surface area contributed by atoms with Crippen molar-refractivity contribution in [3.63, 3.8) is 0 Å². The Morgan fingerprint density at radius 2 is 2.05 bits per heavy atom. The third-order valence-corrected chi connectivity index (χ3v) is 4.27. The van der Waals surface area contributed by atoms with Gasteiger partial charge in [0.15, 0.2) is 0 Å². The zero-order valence-corrected chi connectivity index (χ0v) is 12.9. The summed E-state index contributed by atoms with van der Waals surface area (Å²) < 4.78 is 0. The standard InChI is InChI=1S/C17H28N2/c1-17(2)11-6-5-10-16(17)18-15-9-7-8-14(12-15)13-19(3)4/h7-9,12,16,18H,5-6,10-11,13H2,1-4H3. The van der Waals surface area contributed by atoms with Crippen LogP contribution in [0.4, 0.5) is 5.69 Å². The fraction of sp³-hybridized carbons (Fsp3) is 0.647. The minimum absolute atomic E-state index is 0.413. The van der Waals surface area contributed by atoms with Crippen LogP contribution in [0.3, 0.4) is 0 Å². The van der Waals surface area contributed by atoms with Crippen molar-refractivity contribution in [2.24, 2.45) is 5.41 Å². The summed E-state index contributed by atoms with van der Waals surface area (Å²) in [7, 11) is 4.23. The summed E-state index contributed by atoms with van der Waals surface area (Å²) in [5.41, 5.74) is 3.07. The molecular formula is C17H28N2. The normalized spacial score (nSPS) is 22.5. The van der Waals surface area contributed by atoms with E-state index in [0.717, 1.165) is 6.54 Å². The van der Waals surface area contributed by atoms with Gasteiger partial charge in [0.1, 0.15) is 0 Å². The lowest BCUT2D eigenvalue weighted by Gasteiger charge is -2.39. The molecule has 1 aliphatic rings. The predicted octanol–water partition coefficient (Wildman–Crippen LogP) is 4.13. The van der Waals surface area contributed by atoms with E-state index in [4.69, 9.17) is 0 Å². The SMILES string of the molecule is CN(C)Cc1cccc(NC2CCCCC2(C)C)c1. The van der Waals surface area contributed by atoms with Gasteiger partial charge in [0, 0.05) is 18.3 Å². The van der Waals surface area contributed by atoms with Crippen LogP contribution >= 0.6 is 0 Å². The molecule has 0 amide bonds. The van der Waals surface area contributed by atoms with Crippen molar-refractivity contribution in [3.05, 3.63) is 29.8 Å². The predicted molar refractivity (Wildman–Crippen MR) is 83.5 cm³/mol. The number of hydrogen-bond donors (Lipinski definition) is 1. The van der Waals surface area contributed by atoms with Crippen LogP contribution in [0.1, 0.15) is 45.1 Å². The van der Waals surface area contributed by atoms with Crippen molar-refractivity contribution < 1.29 is 0 Å². The highest BCUT2D eigenvalue weighted by atomic mass is 15.0. The Morgan fingerprint density at radius 3 is 2.74 bits per heavy atom. The molecule has 106 valence electrons. The van der Waals surface area contributed by atoms with Crippen LogP contribution in [0.2, 0.25) is 0 Å². The second-order valence-corrected chi connectivity index (χ2v) is 6.87. The molecule has 2 nitrogen and oxygen atoms in total. The van der Waals surface area contributed by atoms with E-state index >= 15 is 0 Å². The van der Waals surface area contributed by atoms with Gasteiger partial charge in [-0.2, -0.15) is 0 Å². The van der Waals surface area contributed by atoms with Crippen LogP contribution < -0.4 is 5.32 Å². The van der Waals surface area contributed by atoms with E-state index in [1.165, 1.54) is 36.9 Å².